The Morgan fingerprint density at radius 1 is 1.08 bits per heavy atom. The van der Waals surface area contributed by atoms with Crippen LogP contribution in [-0.2, 0) is 13.2 Å². The Bertz CT molecular complexity index is 1550. The molecule has 2 bridgehead atoms. The number of hydrogen-bond donors (Lipinski definition) is 1. The van der Waals surface area contributed by atoms with E-state index in [-0.39, 0.29) is 23.0 Å². The number of aromatic nitrogens is 5. The highest BCUT2D eigenvalue weighted by Gasteiger charge is 2.41. The first-order valence-electron chi connectivity index (χ1n) is 12.0. The molecular formula is C26H23F3N8O. The third-order valence-corrected chi connectivity index (χ3v) is 6.77. The molecule has 0 spiro atoms. The largest absolute Gasteiger partial charge is 0.435 e. The molecule has 0 saturated carbocycles. The Hall–Kier alpha value is -4.48. The smallest absolute Gasteiger partial charge is 0.366 e. The summed E-state index contributed by atoms with van der Waals surface area (Å²) in [5.74, 6) is 0.665. The molecule has 0 radical (unpaired) electrons. The number of hydrogen-bond acceptors (Lipinski definition) is 6. The van der Waals surface area contributed by atoms with Crippen LogP contribution in [0.25, 0.3) is 22.4 Å². The van der Waals surface area contributed by atoms with Crippen LogP contribution in [0.1, 0.15) is 17.8 Å². The number of rotatable bonds is 3. The van der Waals surface area contributed by atoms with Crippen LogP contribution >= 0.6 is 0 Å². The summed E-state index contributed by atoms with van der Waals surface area (Å²) in [6, 6.07) is 10.0. The Morgan fingerprint density at radius 3 is 2.66 bits per heavy atom. The molecule has 4 aromatic heterocycles. The number of alkyl halides is 3. The normalized spacial score (nSPS) is 16.5. The predicted molar refractivity (Wildman–Crippen MR) is 136 cm³/mol. The molecule has 2 aliphatic rings. The molecule has 1 fully saturated rings. The highest BCUT2D eigenvalue weighted by atomic mass is 19.4. The first kappa shape index (κ1) is 23.9. The van der Waals surface area contributed by atoms with E-state index in [4.69, 9.17) is 4.98 Å². The lowest BCUT2D eigenvalue weighted by Gasteiger charge is -2.35. The van der Waals surface area contributed by atoms with Gasteiger partial charge in [0.15, 0.2) is 11.5 Å². The Balaban J connectivity index is 1.33. The second kappa shape index (κ2) is 8.82. The molecule has 0 aromatic carbocycles. The van der Waals surface area contributed by atoms with Gasteiger partial charge in [-0.25, -0.2) is 14.8 Å². The number of halogens is 3. The minimum atomic E-state index is -4.62. The summed E-state index contributed by atoms with van der Waals surface area (Å²) in [6.45, 7) is 3.37. The van der Waals surface area contributed by atoms with Crippen LogP contribution in [0.2, 0.25) is 0 Å². The summed E-state index contributed by atoms with van der Waals surface area (Å²) in [5.41, 5.74) is 2.47. The topological polar surface area (TPSA) is 92.1 Å². The van der Waals surface area contributed by atoms with Gasteiger partial charge in [-0.1, -0.05) is 0 Å². The lowest BCUT2D eigenvalue weighted by molar-refractivity contribution is -0.140. The van der Waals surface area contributed by atoms with Crippen LogP contribution in [0.15, 0.2) is 55.0 Å². The van der Waals surface area contributed by atoms with Gasteiger partial charge in [0.1, 0.15) is 5.82 Å². The number of pyridine rings is 3. The van der Waals surface area contributed by atoms with E-state index in [1.165, 1.54) is 31.6 Å². The molecule has 9 nitrogen and oxygen atoms in total. The molecule has 0 unspecified atom stereocenters. The zero-order valence-electron chi connectivity index (χ0n) is 20.6. The van der Waals surface area contributed by atoms with Crippen molar-refractivity contribution in [1.29, 1.82) is 0 Å². The van der Waals surface area contributed by atoms with E-state index in [9.17, 15) is 18.0 Å². The van der Waals surface area contributed by atoms with Crippen molar-refractivity contribution in [2.75, 3.05) is 28.2 Å². The lowest BCUT2D eigenvalue weighted by Crippen LogP contribution is -2.48. The molecule has 2 amide bonds. The zero-order valence-corrected chi connectivity index (χ0v) is 20.6. The molecule has 12 heteroatoms. The number of fused-ring (bicyclic) bond motifs is 4. The molecule has 38 heavy (non-hydrogen) atoms. The molecule has 2 aliphatic heterocycles. The van der Waals surface area contributed by atoms with E-state index in [0.717, 1.165) is 34.6 Å². The highest BCUT2D eigenvalue weighted by molar-refractivity contribution is 6.04. The van der Waals surface area contributed by atoms with Gasteiger partial charge in [0, 0.05) is 55.5 Å². The summed E-state index contributed by atoms with van der Waals surface area (Å²) >= 11 is 0. The predicted octanol–water partition coefficient (Wildman–Crippen LogP) is 4.90. The Morgan fingerprint density at radius 2 is 1.87 bits per heavy atom. The molecule has 1 saturated heterocycles. The van der Waals surface area contributed by atoms with Crippen LogP contribution in [0.3, 0.4) is 0 Å². The maximum atomic E-state index is 13.6. The van der Waals surface area contributed by atoms with E-state index in [0.29, 0.717) is 18.1 Å². The fourth-order valence-electron chi connectivity index (χ4n) is 5.08. The van der Waals surface area contributed by atoms with Crippen molar-refractivity contribution in [1.82, 2.24) is 24.7 Å². The number of nitrogens with zero attached hydrogens (tertiary/aromatic N) is 7. The third kappa shape index (κ3) is 4.21. The zero-order chi connectivity index (χ0) is 26.6. The van der Waals surface area contributed by atoms with Crippen molar-refractivity contribution in [3.8, 4) is 22.4 Å². The van der Waals surface area contributed by atoms with Gasteiger partial charge in [-0.05, 0) is 55.3 Å². The van der Waals surface area contributed by atoms with Gasteiger partial charge in [-0.2, -0.15) is 18.3 Å². The van der Waals surface area contributed by atoms with Gasteiger partial charge in [0.05, 0.1) is 17.4 Å². The van der Waals surface area contributed by atoms with Crippen LogP contribution in [0.4, 0.5) is 35.3 Å². The number of carbonyl (C=O) groups excluding carboxylic acids is 1. The number of amides is 2. The fourth-order valence-corrected chi connectivity index (χ4v) is 5.08. The standard InChI is InChI=1S/C26H23F3N8O/c1-15-11-17(6-8-30-15)20-3-4-21-24(32-20)37(18-7-10-36(21)13-18)25(38)33-22-12-16(5-9-31-22)19-14-35(2)34-23(19)26(27,28)29/h3-6,8-9,11-12,14,18H,7,10,13H2,1-2H3,(H,31,33,38)/t18-/m0/s1. The monoisotopic (exact) mass is 520 g/mol. The Kier molecular flexibility index (Phi) is 5.55. The summed E-state index contributed by atoms with van der Waals surface area (Å²) in [6.07, 6.45) is 0.526. The summed E-state index contributed by atoms with van der Waals surface area (Å²) < 4.78 is 41.7. The van der Waals surface area contributed by atoms with E-state index in [1.807, 2.05) is 31.2 Å². The van der Waals surface area contributed by atoms with Crippen LogP contribution in [0.5, 0.6) is 0 Å². The second-order valence-corrected chi connectivity index (χ2v) is 9.41. The number of nitrogens with one attached hydrogen (secondary N) is 1. The van der Waals surface area contributed by atoms with E-state index < -0.39 is 17.9 Å². The minimum absolute atomic E-state index is 0.0911. The average Bonchev–Trinajstić information content (AvgIpc) is 3.48. The van der Waals surface area contributed by atoms with Gasteiger partial charge < -0.3 is 4.90 Å². The summed E-state index contributed by atoms with van der Waals surface area (Å²) in [5, 5.41) is 6.35. The van der Waals surface area contributed by atoms with Crippen molar-refractivity contribution in [3.05, 3.63) is 66.4 Å². The van der Waals surface area contributed by atoms with E-state index >= 15 is 0 Å². The third-order valence-electron chi connectivity index (χ3n) is 6.77. The summed E-state index contributed by atoms with van der Waals surface area (Å²) in [7, 11) is 1.43. The van der Waals surface area contributed by atoms with Crippen molar-refractivity contribution in [2.45, 2.75) is 25.6 Å². The van der Waals surface area contributed by atoms with Gasteiger partial charge in [0.25, 0.3) is 0 Å². The first-order valence-corrected chi connectivity index (χ1v) is 12.0. The second-order valence-electron chi connectivity index (χ2n) is 9.41. The number of anilines is 3. The van der Waals surface area contributed by atoms with Crippen molar-refractivity contribution in [2.24, 2.45) is 7.05 Å². The van der Waals surface area contributed by atoms with Gasteiger partial charge in [-0.15, -0.1) is 0 Å². The molecular weight excluding hydrogens is 497 g/mol. The van der Waals surface area contributed by atoms with Crippen molar-refractivity contribution in [3.63, 3.8) is 0 Å². The summed E-state index contributed by atoms with van der Waals surface area (Å²) in [4.78, 5) is 30.7. The van der Waals surface area contributed by atoms with Crippen LogP contribution < -0.4 is 15.1 Å². The molecule has 1 N–H and O–H groups in total. The highest BCUT2D eigenvalue weighted by Crippen LogP contribution is 2.41. The van der Waals surface area contributed by atoms with Crippen LogP contribution in [0, 0.1) is 6.92 Å². The Labute approximate surface area is 216 Å². The minimum Gasteiger partial charge on any atom is -0.366 e. The average molecular weight is 521 g/mol. The van der Waals surface area contributed by atoms with Gasteiger partial charge in [0.2, 0.25) is 0 Å². The molecule has 6 rings (SSSR count). The molecule has 194 valence electrons. The molecule has 6 heterocycles. The fraction of sp³-hybridized carbons (Fsp3) is 0.269. The van der Waals surface area contributed by atoms with E-state index in [2.05, 4.69) is 25.3 Å². The number of urea groups is 1. The van der Waals surface area contributed by atoms with Crippen molar-refractivity contribution >= 4 is 23.4 Å². The maximum Gasteiger partial charge on any atom is 0.435 e. The van der Waals surface area contributed by atoms with Crippen molar-refractivity contribution < 1.29 is 18.0 Å². The van der Waals surface area contributed by atoms with E-state index in [1.54, 1.807) is 11.1 Å². The molecule has 4 aromatic rings. The number of aryl methyl sites for hydroxylation is 2. The van der Waals surface area contributed by atoms with Crippen LogP contribution in [-0.4, -0.2) is 49.9 Å². The first-order chi connectivity index (χ1) is 18.2. The maximum absolute atomic E-state index is 13.6. The SMILES string of the molecule is Cc1cc(-c2ccc3c(n2)N(C(=O)Nc2cc(-c4cn(C)nc4C(F)(F)F)ccn2)[C@H]2CCN3C2)ccn1. The lowest BCUT2D eigenvalue weighted by atomic mass is 10.1. The van der Waals surface area contributed by atoms with Gasteiger partial charge >= 0.3 is 12.2 Å². The van der Waals surface area contributed by atoms with Gasteiger partial charge in [-0.3, -0.25) is 19.9 Å². The molecule has 0 aliphatic carbocycles. The molecule has 1 atom stereocenters. The number of carbonyl (C=O) groups is 1. The quantitative estimate of drug-likeness (QED) is 0.413.